The molecule has 0 aliphatic rings. The van der Waals surface area contributed by atoms with Gasteiger partial charge in [-0.25, -0.2) is 4.57 Å². The third-order valence-corrected chi connectivity index (χ3v) is 4.40. The van der Waals surface area contributed by atoms with E-state index < -0.39 is 12.0 Å². The van der Waals surface area contributed by atoms with Crippen LogP contribution in [-0.2, 0) is 23.1 Å². The van der Waals surface area contributed by atoms with E-state index in [4.69, 9.17) is 10.9 Å². The van der Waals surface area contributed by atoms with Crippen molar-refractivity contribution in [1.82, 2.24) is 5.32 Å². The van der Waals surface area contributed by atoms with E-state index >= 15 is 0 Å². The number of carboxylic acids is 1. The van der Waals surface area contributed by atoms with Crippen LogP contribution in [0.5, 0.6) is 0 Å². The number of hydrogen-bond acceptors (Lipinski definition) is 4. The number of halogens is 1. The van der Waals surface area contributed by atoms with Gasteiger partial charge in [0, 0.05) is 18.1 Å². The molecule has 1 aromatic heterocycles. The van der Waals surface area contributed by atoms with E-state index in [2.05, 4.69) is 10.4 Å². The number of nitrogens with zero attached hydrogens (tertiary/aromatic N) is 2. The lowest BCUT2D eigenvalue weighted by atomic mass is 10.0. The minimum atomic E-state index is -0.945. The lowest BCUT2D eigenvalue weighted by Crippen LogP contribution is -3.00. The lowest BCUT2D eigenvalue weighted by Gasteiger charge is -2.16. The molecule has 1 amide bonds. The summed E-state index contributed by atoms with van der Waals surface area (Å²) in [5, 5.41) is 15.5. The first-order chi connectivity index (χ1) is 13.5. The van der Waals surface area contributed by atoms with Gasteiger partial charge in [-0.05, 0) is 36.5 Å². The summed E-state index contributed by atoms with van der Waals surface area (Å²) >= 11 is 0. The van der Waals surface area contributed by atoms with Crippen LogP contribution in [-0.4, -0.2) is 23.2 Å². The highest BCUT2D eigenvalue weighted by Gasteiger charge is 2.19. The Morgan fingerprint density at radius 2 is 1.97 bits per heavy atom. The molecule has 1 unspecified atom stereocenters. The number of aromatic nitrogens is 1. The minimum absolute atomic E-state index is 0. The molecule has 0 radical (unpaired) electrons. The number of aryl methyl sites for hydroxylation is 2. The zero-order valence-corrected chi connectivity index (χ0v) is 17.2. The molecule has 7 nitrogen and oxygen atoms in total. The summed E-state index contributed by atoms with van der Waals surface area (Å²) in [5.74, 6) is 4.05. The van der Waals surface area contributed by atoms with Crippen LogP contribution >= 0.6 is 0 Å². The van der Waals surface area contributed by atoms with Gasteiger partial charge >= 0.3 is 5.97 Å². The molecular weight excluding hydrogens is 392 g/mol. The van der Waals surface area contributed by atoms with Crippen molar-refractivity contribution in [3.8, 4) is 0 Å². The highest BCUT2D eigenvalue weighted by atomic mass is 35.5. The van der Waals surface area contributed by atoms with E-state index in [0.717, 1.165) is 30.4 Å². The second-order valence-electron chi connectivity index (χ2n) is 6.75. The zero-order chi connectivity index (χ0) is 20.4. The van der Waals surface area contributed by atoms with Gasteiger partial charge in [0.05, 0.1) is 18.7 Å². The van der Waals surface area contributed by atoms with Crippen LogP contribution in [0.4, 0.5) is 0 Å². The number of aliphatic carboxylic acids is 1. The first-order valence-electron chi connectivity index (χ1n) is 9.26. The summed E-state index contributed by atoms with van der Waals surface area (Å²) in [4.78, 5) is 23.4. The van der Waals surface area contributed by atoms with Crippen LogP contribution in [0.3, 0.4) is 0 Å². The molecule has 4 N–H and O–H groups in total. The van der Waals surface area contributed by atoms with Crippen LogP contribution in [0.2, 0.25) is 0 Å². The number of pyridine rings is 1. The van der Waals surface area contributed by atoms with Gasteiger partial charge in [0.25, 0.3) is 0 Å². The summed E-state index contributed by atoms with van der Waals surface area (Å²) in [6.07, 6.45) is 7.99. The summed E-state index contributed by atoms with van der Waals surface area (Å²) in [6.45, 7) is 0. The second kappa shape index (κ2) is 12.5. The smallest absolute Gasteiger partial charge is 0.305 e. The second-order valence-corrected chi connectivity index (χ2v) is 6.75. The number of benzene rings is 1. The number of carbonyl (C=O) groups is 2. The van der Waals surface area contributed by atoms with Gasteiger partial charge in [0.1, 0.15) is 7.05 Å². The SMILES string of the molecule is C[n+]1cccc(C(CC(=O)O)NC(=O)CCCCc2ccc(C=NN)cc2)c1.[Cl-]. The fraction of sp³-hybridized carbons (Fsp3) is 0.333. The Morgan fingerprint density at radius 1 is 1.24 bits per heavy atom. The summed E-state index contributed by atoms with van der Waals surface area (Å²) in [7, 11) is 1.86. The maximum absolute atomic E-state index is 12.3. The number of hydrazone groups is 1. The summed E-state index contributed by atoms with van der Waals surface area (Å²) < 4.78 is 1.83. The largest absolute Gasteiger partial charge is 1.00 e. The van der Waals surface area contributed by atoms with Crippen LogP contribution in [0.1, 0.15) is 48.4 Å². The van der Waals surface area contributed by atoms with Gasteiger partial charge in [-0.1, -0.05) is 24.3 Å². The van der Waals surface area contributed by atoms with E-state index in [9.17, 15) is 9.59 Å². The van der Waals surface area contributed by atoms with E-state index in [0.29, 0.717) is 6.42 Å². The van der Waals surface area contributed by atoms with Crippen molar-refractivity contribution in [2.75, 3.05) is 0 Å². The molecular formula is C21H27ClN4O3. The summed E-state index contributed by atoms with van der Waals surface area (Å²) in [5.41, 5.74) is 2.92. The molecule has 0 fully saturated rings. The third-order valence-electron chi connectivity index (χ3n) is 4.40. The Balaban J connectivity index is 0.00000420. The summed E-state index contributed by atoms with van der Waals surface area (Å²) in [6, 6.07) is 11.1. The molecule has 0 saturated carbocycles. The molecule has 1 heterocycles. The van der Waals surface area contributed by atoms with Gasteiger partial charge in [0.15, 0.2) is 12.4 Å². The standard InChI is InChI=1S/C21H26N4O3.ClH/c1-25-12-4-6-18(15-25)19(13-21(27)28)24-20(26)7-3-2-5-16-8-10-17(11-9-16)14-23-22;/h4,6,8-12,14-15,19H,2-3,5,7,13,22H2,1H3,(H-,24,26,27,28);1H. The molecule has 1 aromatic carbocycles. The van der Waals surface area contributed by atoms with Gasteiger partial charge < -0.3 is 28.7 Å². The number of carboxylic acid groups (broad SMARTS) is 1. The number of nitrogens with one attached hydrogen (secondary N) is 1. The zero-order valence-electron chi connectivity index (χ0n) is 16.4. The van der Waals surface area contributed by atoms with Gasteiger partial charge in [0.2, 0.25) is 5.91 Å². The normalized spacial score (nSPS) is 11.6. The fourth-order valence-corrected chi connectivity index (χ4v) is 2.98. The molecule has 156 valence electrons. The number of nitrogens with two attached hydrogens (primary N) is 1. The molecule has 0 aliphatic heterocycles. The molecule has 2 rings (SSSR count). The van der Waals surface area contributed by atoms with Gasteiger partial charge in [-0.2, -0.15) is 5.10 Å². The van der Waals surface area contributed by atoms with E-state index in [1.165, 1.54) is 5.56 Å². The van der Waals surface area contributed by atoms with Crippen molar-refractivity contribution in [3.63, 3.8) is 0 Å². The van der Waals surface area contributed by atoms with E-state index in [-0.39, 0.29) is 24.7 Å². The molecule has 8 heteroatoms. The van der Waals surface area contributed by atoms with E-state index in [1.807, 2.05) is 60.4 Å². The predicted octanol–water partition coefficient (Wildman–Crippen LogP) is -1.15. The Morgan fingerprint density at radius 3 is 2.59 bits per heavy atom. The maximum Gasteiger partial charge on any atom is 0.305 e. The van der Waals surface area contributed by atoms with Crippen molar-refractivity contribution >= 4 is 18.1 Å². The molecule has 0 spiro atoms. The number of amides is 1. The Bertz CT molecular complexity index is 825. The highest BCUT2D eigenvalue weighted by Crippen LogP contribution is 2.16. The van der Waals surface area contributed by atoms with Crippen LogP contribution < -0.4 is 28.1 Å². The van der Waals surface area contributed by atoms with E-state index in [1.54, 1.807) is 6.21 Å². The lowest BCUT2D eigenvalue weighted by molar-refractivity contribution is -0.672. The first-order valence-corrected chi connectivity index (χ1v) is 9.26. The number of hydrogen-bond donors (Lipinski definition) is 3. The third kappa shape index (κ3) is 8.74. The predicted molar refractivity (Wildman–Crippen MR) is 107 cm³/mol. The average molecular weight is 419 g/mol. The number of carbonyl (C=O) groups excluding carboxylic acids is 1. The topological polar surface area (TPSA) is 109 Å². The van der Waals surface area contributed by atoms with Crippen molar-refractivity contribution in [2.45, 2.75) is 38.1 Å². The fourth-order valence-electron chi connectivity index (χ4n) is 2.98. The Kier molecular flexibility index (Phi) is 10.4. The average Bonchev–Trinajstić information content (AvgIpc) is 2.66. The molecule has 0 aliphatic carbocycles. The number of unbranched alkanes of at least 4 members (excludes halogenated alkanes) is 1. The van der Waals surface area contributed by atoms with Crippen molar-refractivity contribution in [1.29, 1.82) is 0 Å². The van der Waals surface area contributed by atoms with Gasteiger partial charge in [-0.3, -0.25) is 9.59 Å². The Hall–Kier alpha value is -2.93. The molecule has 2 aromatic rings. The van der Waals surface area contributed by atoms with Crippen LogP contribution in [0, 0.1) is 0 Å². The van der Waals surface area contributed by atoms with Crippen molar-refractivity contribution in [2.24, 2.45) is 18.0 Å². The molecule has 0 bridgehead atoms. The van der Waals surface area contributed by atoms with Crippen LogP contribution in [0.25, 0.3) is 0 Å². The Labute approximate surface area is 177 Å². The number of rotatable bonds is 10. The van der Waals surface area contributed by atoms with Gasteiger partial charge in [-0.15, -0.1) is 0 Å². The molecule has 1 atom stereocenters. The highest BCUT2D eigenvalue weighted by molar-refractivity contribution is 5.79. The molecule has 0 saturated heterocycles. The minimum Gasteiger partial charge on any atom is -1.00 e. The first kappa shape index (κ1) is 24.1. The quantitative estimate of drug-likeness (QED) is 0.149. The van der Waals surface area contributed by atoms with Crippen molar-refractivity contribution in [3.05, 3.63) is 65.5 Å². The monoisotopic (exact) mass is 418 g/mol. The molecule has 29 heavy (non-hydrogen) atoms. The van der Waals surface area contributed by atoms with Crippen molar-refractivity contribution < 1.29 is 31.7 Å². The van der Waals surface area contributed by atoms with Crippen LogP contribution in [0.15, 0.2) is 53.9 Å². The maximum atomic E-state index is 12.3.